The van der Waals surface area contributed by atoms with Crippen LogP contribution in [0.5, 0.6) is 0 Å². The summed E-state index contributed by atoms with van der Waals surface area (Å²) in [4.78, 5) is 34.5. The summed E-state index contributed by atoms with van der Waals surface area (Å²) in [5.74, 6) is 0.913. The predicted molar refractivity (Wildman–Crippen MR) is 140 cm³/mol. The number of nitrogens with one attached hydrogen (secondary N) is 2. The molecular weight excluding hydrogens is 510 g/mol. The molecule has 1 unspecified atom stereocenters. The summed E-state index contributed by atoms with van der Waals surface area (Å²) in [7, 11) is 0. The molecule has 5 nitrogen and oxygen atoms in total. The summed E-state index contributed by atoms with van der Waals surface area (Å²) in [6, 6.07) is 16.2. The molecule has 174 valence electrons. The minimum atomic E-state index is -0.435. The number of anilines is 1. The average Bonchev–Trinajstić information content (AvgIpc) is 2.76. The molecule has 0 spiro atoms. The molecule has 1 aliphatic heterocycles. The second-order valence-electron chi connectivity index (χ2n) is 9.85. The van der Waals surface area contributed by atoms with Crippen LogP contribution in [-0.4, -0.2) is 15.8 Å². The fraction of sp³-hybridized carbons (Fsp3) is 0.296. The van der Waals surface area contributed by atoms with Gasteiger partial charge in [0.05, 0.1) is 5.56 Å². The van der Waals surface area contributed by atoms with Crippen LogP contribution < -0.4 is 10.9 Å². The first-order chi connectivity index (χ1) is 16.2. The van der Waals surface area contributed by atoms with E-state index in [-0.39, 0.29) is 16.8 Å². The minimum absolute atomic E-state index is 0.0922. The molecule has 1 aromatic heterocycles. The highest BCUT2D eigenvalue weighted by molar-refractivity contribution is 9.10. The van der Waals surface area contributed by atoms with Gasteiger partial charge in [-0.1, -0.05) is 83.5 Å². The number of nitrogens with zero attached hydrogens (tertiary/aromatic N) is 1. The van der Waals surface area contributed by atoms with Gasteiger partial charge in [-0.25, -0.2) is 4.98 Å². The van der Waals surface area contributed by atoms with Gasteiger partial charge in [0.2, 0.25) is 0 Å². The van der Waals surface area contributed by atoms with Crippen LogP contribution >= 0.6 is 27.7 Å². The monoisotopic (exact) mass is 535 g/mol. The summed E-state index contributed by atoms with van der Waals surface area (Å²) in [5.41, 5.74) is 5.03. The van der Waals surface area contributed by atoms with Gasteiger partial charge in [-0.05, 0) is 42.0 Å². The first kappa shape index (κ1) is 23.1. The maximum atomic E-state index is 13.4. The highest BCUT2D eigenvalue weighted by Gasteiger charge is 2.42. The topological polar surface area (TPSA) is 74.8 Å². The Morgan fingerprint density at radius 1 is 1.12 bits per heavy atom. The Morgan fingerprint density at radius 2 is 1.88 bits per heavy atom. The Labute approximate surface area is 211 Å². The quantitative estimate of drug-likeness (QED) is 0.301. The largest absolute Gasteiger partial charge is 0.343 e. The average molecular weight is 536 g/mol. The molecule has 0 radical (unpaired) electrons. The van der Waals surface area contributed by atoms with Crippen LogP contribution in [0.25, 0.3) is 0 Å². The summed E-state index contributed by atoms with van der Waals surface area (Å²) in [6.07, 6.45) is 1.20. The lowest BCUT2D eigenvalue weighted by atomic mass is 9.69. The van der Waals surface area contributed by atoms with Crippen LogP contribution in [0.4, 0.5) is 5.82 Å². The molecule has 2 heterocycles. The molecule has 2 aromatic carbocycles. The summed E-state index contributed by atoms with van der Waals surface area (Å²) in [6.45, 7) is 6.28. The number of aryl methyl sites for hydroxylation is 1. The first-order valence-electron chi connectivity index (χ1n) is 11.3. The zero-order valence-electron chi connectivity index (χ0n) is 19.4. The van der Waals surface area contributed by atoms with E-state index in [1.807, 2.05) is 30.3 Å². The number of aromatic amines is 1. The van der Waals surface area contributed by atoms with Crippen molar-refractivity contribution in [2.24, 2.45) is 5.41 Å². The molecule has 7 heteroatoms. The second kappa shape index (κ2) is 8.86. The van der Waals surface area contributed by atoms with Crippen molar-refractivity contribution in [1.29, 1.82) is 0 Å². The van der Waals surface area contributed by atoms with Gasteiger partial charge in [0.15, 0.2) is 10.9 Å². The van der Waals surface area contributed by atoms with E-state index in [4.69, 9.17) is 4.98 Å². The molecule has 0 bridgehead atoms. The lowest BCUT2D eigenvalue weighted by Gasteiger charge is -2.38. The van der Waals surface area contributed by atoms with Crippen LogP contribution in [0.3, 0.4) is 0 Å². The van der Waals surface area contributed by atoms with Gasteiger partial charge in [-0.15, -0.1) is 0 Å². The van der Waals surface area contributed by atoms with Gasteiger partial charge in [0, 0.05) is 33.8 Å². The number of rotatable bonds is 4. The molecule has 0 saturated heterocycles. The molecule has 0 saturated carbocycles. The Bertz CT molecular complexity index is 1380. The van der Waals surface area contributed by atoms with E-state index < -0.39 is 5.92 Å². The van der Waals surface area contributed by atoms with E-state index in [9.17, 15) is 9.59 Å². The second-order valence-corrected chi connectivity index (χ2v) is 11.7. The normalized spacial score (nSPS) is 18.8. The van der Waals surface area contributed by atoms with Crippen LogP contribution in [0.1, 0.15) is 54.9 Å². The zero-order chi connectivity index (χ0) is 24.0. The van der Waals surface area contributed by atoms with Crippen LogP contribution in [-0.2, 0) is 10.5 Å². The lowest BCUT2D eigenvalue weighted by molar-refractivity contribution is -0.118. The van der Waals surface area contributed by atoms with Gasteiger partial charge < -0.3 is 10.3 Å². The third-order valence-corrected chi connectivity index (χ3v) is 7.83. The molecule has 1 atom stereocenters. The minimum Gasteiger partial charge on any atom is -0.343 e. The molecule has 5 rings (SSSR count). The zero-order valence-corrected chi connectivity index (χ0v) is 21.8. The van der Waals surface area contributed by atoms with Crippen molar-refractivity contribution in [3.8, 4) is 0 Å². The van der Waals surface area contributed by atoms with E-state index in [1.165, 1.54) is 22.9 Å². The number of ketones is 1. The Morgan fingerprint density at radius 3 is 2.62 bits per heavy atom. The summed E-state index contributed by atoms with van der Waals surface area (Å²) in [5, 5.41) is 3.96. The van der Waals surface area contributed by atoms with Crippen molar-refractivity contribution in [1.82, 2.24) is 9.97 Å². The number of Topliss-reactive ketones (excluding diaryl/α,β-unsaturated/α-hetero) is 1. The Hall–Kier alpha value is -2.64. The van der Waals surface area contributed by atoms with E-state index in [0.29, 0.717) is 34.3 Å². The van der Waals surface area contributed by atoms with Crippen molar-refractivity contribution in [3.63, 3.8) is 0 Å². The molecule has 3 aromatic rings. The third-order valence-electron chi connectivity index (χ3n) is 6.36. The lowest BCUT2D eigenvalue weighted by Crippen LogP contribution is -2.37. The number of hydrogen-bond donors (Lipinski definition) is 2. The number of carbonyl (C=O) groups excluding carboxylic acids is 1. The molecule has 1 aliphatic carbocycles. The number of aromatic nitrogens is 2. The molecule has 34 heavy (non-hydrogen) atoms. The van der Waals surface area contributed by atoms with E-state index in [2.05, 4.69) is 65.2 Å². The standard InChI is InChI=1S/C27H26BrN3O2S/c1-15-5-4-6-16(11-15)14-34-26-30-24-23(25(33)31-26)21(17-7-9-18(28)10-8-17)22-19(29-24)12-27(2,3)13-20(22)32/h4-11,21H,12-14H2,1-3H3,(H2,29,30,31,33). The fourth-order valence-corrected chi connectivity index (χ4v) is 5.97. The maximum absolute atomic E-state index is 13.4. The van der Waals surface area contributed by atoms with Crippen molar-refractivity contribution in [3.05, 3.63) is 96.9 Å². The van der Waals surface area contributed by atoms with E-state index in [1.54, 1.807) is 0 Å². The van der Waals surface area contributed by atoms with Crippen molar-refractivity contribution in [2.75, 3.05) is 5.32 Å². The SMILES string of the molecule is Cc1cccc(CSc2nc3c(c(=O)[nH]2)C(c2ccc(Br)cc2)C2=C(CC(C)(C)CC2=O)N3)c1. The van der Waals surface area contributed by atoms with Crippen LogP contribution in [0, 0.1) is 12.3 Å². The van der Waals surface area contributed by atoms with Crippen molar-refractivity contribution in [2.45, 2.75) is 50.4 Å². The number of allylic oxidation sites excluding steroid dienone is 2. The van der Waals surface area contributed by atoms with Gasteiger partial charge in [-0.3, -0.25) is 9.59 Å². The fourth-order valence-electron chi connectivity index (χ4n) is 4.90. The summed E-state index contributed by atoms with van der Waals surface area (Å²) >= 11 is 4.99. The number of carbonyl (C=O) groups is 1. The number of hydrogen-bond acceptors (Lipinski definition) is 5. The van der Waals surface area contributed by atoms with Crippen LogP contribution in [0.2, 0.25) is 0 Å². The van der Waals surface area contributed by atoms with Gasteiger partial charge in [0.25, 0.3) is 5.56 Å². The van der Waals surface area contributed by atoms with Crippen molar-refractivity contribution < 1.29 is 4.79 Å². The number of halogens is 1. The maximum Gasteiger partial charge on any atom is 0.257 e. The smallest absolute Gasteiger partial charge is 0.257 e. The summed E-state index contributed by atoms with van der Waals surface area (Å²) < 4.78 is 0.950. The third kappa shape index (κ3) is 4.51. The van der Waals surface area contributed by atoms with Gasteiger partial charge in [0.1, 0.15) is 5.82 Å². The van der Waals surface area contributed by atoms with Gasteiger partial charge in [-0.2, -0.15) is 0 Å². The van der Waals surface area contributed by atoms with E-state index >= 15 is 0 Å². The van der Waals surface area contributed by atoms with Crippen molar-refractivity contribution >= 4 is 39.3 Å². The molecular formula is C27H26BrN3O2S. The number of H-pyrrole nitrogens is 1. The van der Waals surface area contributed by atoms with Gasteiger partial charge >= 0.3 is 0 Å². The predicted octanol–water partition coefficient (Wildman–Crippen LogP) is 6.33. The Balaban J connectivity index is 1.58. The number of fused-ring (bicyclic) bond motifs is 1. The molecule has 2 aliphatic rings. The highest BCUT2D eigenvalue weighted by atomic mass is 79.9. The number of thioether (sulfide) groups is 1. The molecule has 0 amide bonds. The highest BCUT2D eigenvalue weighted by Crippen LogP contribution is 2.47. The number of benzene rings is 2. The van der Waals surface area contributed by atoms with E-state index in [0.717, 1.165) is 22.2 Å². The molecule has 0 fully saturated rings. The first-order valence-corrected chi connectivity index (χ1v) is 13.1. The Kier molecular flexibility index (Phi) is 6.02. The van der Waals surface area contributed by atoms with Crippen LogP contribution in [0.15, 0.2) is 74.2 Å². The molecule has 2 N–H and O–H groups in total.